The first kappa shape index (κ1) is 35.4. The largest absolute Gasteiger partial charge is 0.292 e. The van der Waals surface area contributed by atoms with Gasteiger partial charge >= 0.3 is 0 Å². The van der Waals surface area contributed by atoms with Crippen molar-refractivity contribution in [2.75, 3.05) is 0 Å². The molecule has 0 atom stereocenters. The van der Waals surface area contributed by atoms with Gasteiger partial charge < -0.3 is 0 Å². The van der Waals surface area contributed by atoms with Crippen molar-refractivity contribution >= 4 is 43.7 Å². The molecule has 9 aromatic carbocycles. The Hall–Kier alpha value is -7.81. The van der Waals surface area contributed by atoms with Crippen molar-refractivity contribution in [3.8, 4) is 50.2 Å². The van der Waals surface area contributed by atoms with Crippen LogP contribution in [0.1, 0.15) is 17.8 Å². The Labute approximate surface area is 350 Å². The fraction of sp³-hybridized carbons (Fsp3) is 0.0172. The lowest BCUT2D eigenvalue weighted by atomic mass is 9.81. The fourth-order valence-corrected chi connectivity index (χ4v) is 9.15. The van der Waals surface area contributed by atoms with Gasteiger partial charge in [-0.25, -0.2) is 4.98 Å². The van der Waals surface area contributed by atoms with Crippen molar-refractivity contribution in [3.63, 3.8) is 0 Å². The van der Waals surface area contributed by atoms with Crippen LogP contribution < -0.4 is 0 Å². The molecule has 0 saturated heterocycles. The Bertz CT molecular complexity index is 3310. The van der Waals surface area contributed by atoms with Crippen LogP contribution in [0, 0.1) is 0 Å². The van der Waals surface area contributed by atoms with Gasteiger partial charge in [-0.3, -0.25) is 4.57 Å². The van der Waals surface area contributed by atoms with Gasteiger partial charge in [-0.05, 0) is 114 Å². The second kappa shape index (κ2) is 15.2. The summed E-state index contributed by atoms with van der Waals surface area (Å²) in [6.45, 7) is 0. The van der Waals surface area contributed by atoms with Crippen molar-refractivity contribution in [2.24, 2.45) is 0 Å². The predicted molar refractivity (Wildman–Crippen MR) is 254 cm³/mol. The van der Waals surface area contributed by atoms with E-state index in [-0.39, 0.29) is 0 Å². The number of aromatic nitrogens is 2. The summed E-state index contributed by atoms with van der Waals surface area (Å²) in [5, 5.41) is 4.94. The van der Waals surface area contributed by atoms with Gasteiger partial charge in [0.25, 0.3) is 0 Å². The molecule has 0 N–H and O–H groups in total. The minimum absolute atomic E-state index is 0.796. The average Bonchev–Trinajstić information content (AvgIpc) is 3.54. The number of imidazole rings is 1. The normalized spacial score (nSPS) is 12.7. The minimum Gasteiger partial charge on any atom is -0.292 e. The Morgan fingerprint density at radius 3 is 1.57 bits per heavy atom. The summed E-state index contributed by atoms with van der Waals surface area (Å²) >= 11 is 0. The van der Waals surface area contributed by atoms with E-state index in [9.17, 15) is 0 Å². The molecule has 60 heavy (non-hydrogen) atoms. The Balaban J connectivity index is 1.16. The molecule has 0 bridgehead atoms. The summed E-state index contributed by atoms with van der Waals surface area (Å²) in [5.41, 5.74) is 16.5. The lowest BCUT2D eigenvalue weighted by Gasteiger charge is -2.22. The van der Waals surface area contributed by atoms with Crippen LogP contribution in [0.2, 0.25) is 0 Å². The van der Waals surface area contributed by atoms with Gasteiger partial charge in [0.2, 0.25) is 0 Å². The molecule has 0 fully saturated rings. The van der Waals surface area contributed by atoms with Crippen LogP contribution in [0.15, 0.2) is 231 Å². The lowest BCUT2D eigenvalue weighted by Crippen LogP contribution is -1.99. The van der Waals surface area contributed by atoms with Crippen LogP contribution >= 0.6 is 0 Å². The smallest absolute Gasteiger partial charge is 0.145 e. The summed E-state index contributed by atoms with van der Waals surface area (Å²) in [7, 11) is 0. The molecular formula is C58H40N2. The van der Waals surface area contributed by atoms with E-state index in [1.165, 1.54) is 77.2 Å². The van der Waals surface area contributed by atoms with Crippen LogP contribution in [0.25, 0.3) is 93.9 Å². The zero-order valence-electron chi connectivity index (χ0n) is 33.0. The van der Waals surface area contributed by atoms with Crippen LogP contribution in [0.4, 0.5) is 0 Å². The average molecular weight is 765 g/mol. The molecule has 0 saturated carbocycles. The molecule has 0 spiro atoms. The summed E-state index contributed by atoms with van der Waals surface area (Å²) in [6.07, 6.45) is 9.87. The number of para-hydroxylation sites is 3. The third-order valence-electron chi connectivity index (χ3n) is 11.9. The van der Waals surface area contributed by atoms with Gasteiger partial charge in [0, 0.05) is 11.3 Å². The van der Waals surface area contributed by atoms with E-state index in [1.807, 2.05) is 0 Å². The number of fused-ring (bicyclic) bond motifs is 3. The summed E-state index contributed by atoms with van der Waals surface area (Å²) in [5.74, 6) is 0.933. The number of nitrogens with zero attached hydrogens (tertiary/aromatic N) is 2. The molecule has 2 heteroatoms. The second-order valence-electron chi connectivity index (χ2n) is 15.4. The van der Waals surface area contributed by atoms with Gasteiger partial charge in [-0.15, -0.1) is 0 Å². The molecule has 10 aromatic rings. The fourth-order valence-electron chi connectivity index (χ4n) is 9.15. The van der Waals surface area contributed by atoms with E-state index in [0.717, 1.165) is 34.5 Å². The number of rotatable bonds is 7. The number of hydrogen-bond donors (Lipinski definition) is 0. The van der Waals surface area contributed by atoms with Gasteiger partial charge in [-0.2, -0.15) is 0 Å². The second-order valence-corrected chi connectivity index (χ2v) is 15.4. The third-order valence-corrected chi connectivity index (χ3v) is 11.9. The maximum absolute atomic E-state index is 5.18. The van der Waals surface area contributed by atoms with Gasteiger partial charge in [-0.1, -0.05) is 200 Å². The molecule has 1 aliphatic carbocycles. The molecular weight excluding hydrogens is 725 g/mol. The topological polar surface area (TPSA) is 17.8 Å². The van der Waals surface area contributed by atoms with E-state index in [1.54, 1.807) is 0 Å². The standard InChI is InChI=1S/C58H40N2/c1-4-19-41(20-5-1)46-27-10-12-29-48(46)56-50-31-14-15-32-51(50)57(49-30-13-11-28-47(49)42-21-6-2-7-22-42)53-39-44(37-38-52(53)56)40-23-18-24-43(36-35-40)58-59-54-33-16-17-34-55(54)60(58)45-25-8-3-9-26-45/h1-22,24-39H,23H2. The highest BCUT2D eigenvalue weighted by Crippen LogP contribution is 2.48. The Morgan fingerprint density at radius 2 is 0.917 bits per heavy atom. The third kappa shape index (κ3) is 6.18. The molecule has 0 radical (unpaired) electrons. The first-order valence-corrected chi connectivity index (χ1v) is 20.7. The van der Waals surface area contributed by atoms with Crippen molar-refractivity contribution in [1.82, 2.24) is 9.55 Å². The highest BCUT2D eigenvalue weighted by molar-refractivity contribution is 6.23. The maximum atomic E-state index is 5.18. The molecule has 2 nitrogen and oxygen atoms in total. The van der Waals surface area contributed by atoms with Crippen LogP contribution in [-0.4, -0.2) is 9.55 Å². The number of benzene rings is 9. The predicted octanol–water partition coefficient (Wildman–Crippen LogP) is 15.4. The molecule has 282 valence electrons. The van der Waals surface area contributed by atoms with Gasteiger partial charge in [0.15, 0.2) is 0 Å². The van der Waals surface area contributed by atoms with Crippen LogP contribution in [0.3, 0.4) is 0 Å². The van der Waals surface area contributed by atoms with Crippen molar-refractivity contribution < 1.29 is 0 Å². The SMILES string of the molecule is C1=CC(c2nc3ccccc3n2-c2ccccc2)=CC=C(c2ccc3c(-c4ccccc4-c4ccccc4)c4ccccc4c(-c4ccccc4-c4ccccc4)c3c2)C1. The zero-order valence-corrected chi connectivity index (χ0v) is 33.0. The first-order valence-electron chi connectivity index (χ1n) is 20.7. The molecule has 1 aromatic heterocycles. The van der Waals surface area contributed by atoms with Crippen molar-refractivity contribution in [1.29, 1.82) is 0 Å². The van der Waals surface area contributed by atoms with E-state index in [4.69, 9.17) is 4.98 Å². The summed E-state index contributed by atoms with van der Waals surface area (Å²) in [4.78, 5) is 5.18. The zero-order chi connectivity index (χ0) is 39.8. The first-order chi connectivity index (χ1) is 29.8. The Morgan fingerprint density at radius 1 is 0.400 bits per heavy atom. The lowest BCUT2D eigenvalue weighted by molar-refractivity contribution is 1.06. The van der Waals surface area contributed by atoms with Crippen LogP contribution in [0.5, 0.6) is 0 Å². The number of hydrogen-bond acceptors (Lipinski definition) is 1. The van der Waals surface area contributed by atoms with Crippen molar-refractivity contribution in [3.05, 3.63) is 242 Å². The molecule has 11 rings (SSSR count). The molecule has 0 unspecified atom stereocenters. The number of allylic oxidation sites excluding steroid dienone is 6. The van der Waals surface area contributed by atoms with E-state index < -0.39 is 0 Å². The minimum atomic E-state index is 0.796. The van der Waals surface area contributed by atoms with E-state index >= 15 is 0 Å². The molecule has 1 aliphatic rings. The Kier molecular flexibility index (Phi) is 8.94. The van der Waals surface area contributed by atoms with E-state index in [2.05, 4.69) is 235 Å². The molecule has 0 amide bonds. The van der Waals surface area contributed by atoms with Crippen LogP contribution in [-0.2, 0) is 0 Å². The highest BCUT2D eigenvalue weighted by Gasteiger charge is 2.22. The molecule has 0 aliphatic heterocycles. The van der Waals surface area contributed by atoms with Crippen molar-refractivity contribution in [2.45, 2.75) is 6.42 Å². The molecule has 1 heterocycles. The maximum Gasteiger partial charge on any atom is 0.145 e. The highest BCUT2D eigenvalue weighted by atomic mass is 15.1. The summed E-state index contributed by atoms with van der Waals surface area (Å²) in [6, 6.07) is 74.4. The van der Waals surface area contributed by atoms with Gasteiger partial charge in [0.05, 0.1) is 11.0 Å². The monoisotopic (exact) mass is 764 g/mol. The van der Waals surface area contributed by atoms with Gasteiger partial charge in [0.1, 0.15) is 5.82 Å². The quantitative estimate of drug-likeness (QED) is 0.148. The van der Waals surface area contributed by atoms with E-state index in [0.29, 0.717) is 0 Å². The summed E-state index contributed by atoms with van der Waals surface area (Å²) < 4.78 is 2.27.